The standard InChI is InChI=1S/C11H8N6/c1-2-9(11-13-7-12-8-14-11)6-10(3-1)17-5-4-15-16-17/h1-8H. The molecule has 0 fully saturated rings. The second-order valence-corrected chi connectivity index (χ2v) is 3.36. The topological polar surface area (TPSA) is 69.4 Å². The Morgan fingerprint density at radius 1 is 1.06 bits per heavy atom. The van der Waals surface area contributed by atoms with E-state index in [0.717, 1.165) is 11.3 Å². The van der Waals surface area contributed by atoms with E-state index in [0.29, 0.717) is 5.82 Å². The van der Waals surface area contributed by atoms with Crippen LogP contribution in [0.5, 0.6) is 0 Å². The summed E-state index contributed by atoms with van der Waals surface area (Å²) < 4.78 is 1.69. The zero-order chi connectivity index (χ0) is 11.5. The first kappa shape index (κ1) is 9.59. The summed E-state index contributed by atoms with van der Waals surface area (Å²) in [6.07, 6.45) is 6.37. The average Bonchev–Trinajstić information content (AvgIpc) is 2.94. The zero-order valence-corrected chi connectivity index (χ0v) is 8.80. The summed E-state index contributed by atoms with van der Waals surface area (Å²) in [4.78, 5) is 12.0. The molecule has 0 atom stereocenters. The van der Waals surface area contributed by atoms with E-state index in [9.17, 15) is 0 Å². The van der Waals surface area contributed by atoms with Gasteiger partial charge in [-0.2, -0.15) is 0 Å². The highest BCUT2D eigenvalue weighted by Crippen LogP contribution is 2.16. The van der Waals surface area contributed by atoms with E-state index in [-0.39, 0.29) is 0 Å². The van der Waals surface area contributed by atoms with Gasteiger partial charge < -0.3 is 0 Å². The number of aromatic nitrogens is 6. The minimum atomic E-state index is 0.641. The summed E-state index contributed by atoms with van der Waals surface area (Å²) >= 11 is 0. The van der Waals surface area contributed by atoms with Gasteiger partial charge in [-0.05, 0) is 12.1 Å². The molecule has 3 rings (SSSR count). The Bertz CT molecular complexity index is 605. The minimum Gasteiger partial charge on any atom is -0.225 e. The Morgan fingerprint density at radius 3 is 2.71 bits per heavy atom. The summed E-state index contributed by atoms with van der Waals surface area (Å²) in [6.45, 7) is 0. The quantitative estimate of drug-likeness (QED) is 0.652. The van der Waals surface area contributed by atoms with Crippen molar-refractivity contribution in [2.24, 2.45) is 0 Å². The number of rotatable bonds is 2. The fourth-order valence-electron chi connectivity index (χ4n) is 1.52. The normalized spacial score (nSPS) is 10.4. The third-order valence-electron chi connectivity index (χ3n) is 2.28. The van der Waals surface area contributed by atoms with Crippen molar-refractivity contribution in [2.45, 2.75) is 0 Å². The van der Waals surface area contributed by atoms with E-state index in [2.05, 4.69) is 25.3 Å². The highest BCUT2D eigenvalue weighted by Gasteiger charge is 2.02. The van der Waals surface area contributed by atoms with E-state index < -0.39 is 0 Å². The first-order chi connectivity index (χ1) is 8.43. The molecule has 0 N–H and O–H groups in total. The number of benzene rings is 1. The monoisotopic (exact) mass is 224 g/mol. The number of hydrogen-bond acceptors (Lipinski definition) is 5. The zero-order valence-electron chi connectivity index (χ0n) is 8.80. The van der Waals surface area contributed by atoms with Crippen molar-refractivity contribution in [3.05, 3.63) is 49.3 Å². The minimum absolute atomic E-state index is 0.641. The van der Waals surface area contributed by atoms with Crippen LogP contribution in [0.4, 0.5) is 0 Å². The summed E-state index contributed by atoms with van der Waals surface area (Å²) in [5.41, 5.74) is 1.83. The lowest BCUT2D eigenvalue weighted by atomic mass is 10.2. The summed E-state index contributed by atoms with van der Waals surface area (Å²) in [6, 6.07) is 7.76. The lowest BCUT2D eigenvalue weighted by Crippen LogP contribution is -1.96. The molecule has 0 amide bonds. The van der Waals surface area contributed by atoms with Crippen molar-refractivity contribution in [1.29, 1.82) is 0 Å². The fourth-order valence-corrected chi connectivity index (χ4v) is 1.52. The molecule has 0 radical (unpaired) electrons. The van der Waals surface area contributed by atoms with Crippen molar-refractivity contribution < 1.29 is 0 Å². The maximum atomic E-state index is 4.10. The van der Waals surface area contributed by atoms with Gasteiger partial charge in [0.25, 0.3) is 0 Å². The molecule has 82 valence electrons. The molecule has 0 bridgehead atoms. The molecule has 6 heteroatoms. The van der Waals surface area contributed by atoms with Crippen LogP contribution in [0.15, 0.2) is 49.3 Å². The Balaban J connectivity index is 2.06. The molecular formula is C11H8N6. The summed E-state index contributed by atoms with van der Waals surface area (Å²) in [7, 11) is 0. The van der Waals surface area contributed by atoms with Crippen LogP contribution < -0.4 is 0 Å². The Morgan fingerprint density at radius 2 is 1.94 bits per heavy atom. The molecular weight excluding hydrogens is 216 g/mol. The molecule has 0 saturated heterocycles. The molecule has 0 spiro atoms. The molecule has 0 saturated carbocycles. The predicted octanol–water partition coefficient (Wildman–Crippen LogP) is 1.12. The van der Waals surface area contributed by atoms with Crippen LogP contribution in [0.2, 0.25) is 0 Å². The van der Waals surface area contributed by atoms with Gasteiger partial charge in [-0.1, -0.05) is 17.3 Å². The van der Waals surface area contributed by atoms with Crippen LogP contribution in [-0.2, 0) is 0 Å². The van der Waals surface area contributed by atoms with Gasteiger partial charge in [-0.15, -0.1) is 5.10 Å². The van der Waals surface area contributed by atoms with Gasteiger partial charge in [0, 0.05) is 5.56 Å². The Hall–Kier alpha value is -2.63. The molecule has 2 aromatic heterocycles. The molecule has 0 aliphatic carbocycles. The van der Waals surface area contributed by atoms with Gasteiger partial charge in [0.15, 0.2) is 5.82 Å². The van der Waals surface area contributed by atoms with E-state index in [4.69, 9.17) is 0 Å². The van der Waals surface area contributed by atoms with E-state index in [1.807, 2.05) is 24.3 Å². The molecule has 3 aromatic rings. The van der Waals surface area contributed by atoms with Crippen molar-refractivity contribution in [3.63, 3.8) is 0 Å². The predicted molar refractivity (Wildman–Crippen MR) is 60.2 cm³/mol. The molecule has 2 heterocycles. The van der Waals surface area contributed by atoms with Crippen LogP contribution in [0.3, 0.4) is 0 Å². The largest absolute Gasteiger partial charge is 0.225 e. The second kappa shape index (κ2) is 4.09. The average molecular weight is 224 g/mol. The summed E-state index contributed by atoms with van der Waals surface area (Å²) in [5.74, 6) is 0.641. The Labute approximate surface area is 97.0 Å². The highest BCUT2D eigenvalue weighted by atomic mass is 15.4. The van der Waals surface area contributed by atoms with Crippen LogP contribution >= 0.6 is 0 Å². The van der Waals surface area contributed by atoms with Gasteiger partial charge in [0.1, 0.15) is 12.7 Å². The van der Waals surface area contributed by atoms with Crippen molar-refractivity contribution in [3.8, 4) is 17.1 Å². The van der Waals surface area contributed by atoms with Gasteiger partial charge in [0.05, 0.1) is 18.1 Å². The molecule has 17 heavy (non-hydrogen) atoms. The van der Waals surface area contributed by atoms with Crippen LogP contribution in [-0.4, -0.2) is 29.9 Å². The van der Waals surface area contributed by atoms with E-state index >= 15 is 0 Å². The SMILES string of the molecule is c1cc(-c2ncncn2)cc(-n2ccnn2)c1. The van der Waals surface area contributed by atoms with Crippen LogP contribution in [0.25, 0.3) is 17.1 Å². The molecule has 0 aliphatic rings. The first-order valence-corrected chi connectivity index (χ1v) is 5.02. The third-order valence-corrected chi connectivity index (χ3v) is 2.28. The van der Waals surface area contributed by atoms with Gasteiger partial charge >= 0.3 is 0 Å². The first-order valence-electron chi connectivity index (χ1n) is 5.02. The van der Waals surface area contributed by atoms with Gasteiger partial charge in [-0.25, -0.2) is 19.6 Å². The van der Waals surface area contributed by atoms with Crippen molar-refractivity contribution >= 4 is 0 Å². The van der Waals surface area contributed by atoms with Gasteiger partial charge in [0.2, 0.25) is 0 Å². The maximum Gasteiger partial charge on any atom is 0.162 e. The van der Waals surface area contributed by atoms with E-state index in [1.165, 1.54) is 12.7 Å². The third kappa shape index (κ3) is 1.87. The lowest BCUT2D eigenvalue weighted by Gasteiger charge is -2.03. The number of nitrogens with zero attached hydrogens (tertiary/aromatic N) is 6. The van der Waals surface area contributed by atoms with Crippen molar-refractivity contribution in [1.82, 2.24) is 29.9 Å². The fraction of sp³-hybridized carbons (Fsp3) is 0. The van der Waals surface area contributed by atoms with E-state index in [1.54, 1.807) is 17.1 Å². The molecule has 0 unspecified atom stereocenters. The molecule has 0 aliphatic heterocycles. The Kier molecular flexibility index (Phi) is 2.31. The molecule has 6 nitrogen and oxygen atoms in total. The van der Waals surface area contributed by atoms with Crippen LogP contribution in [0, 0.1) is 0 Å². The van der Waals surface area contributed by atoms with Gasteiger partial charge in [-0.3, -0.25) is 0 Å². The maximum absolute atomic E-state index is 4.10. The molecule has 1 aromatic carbocycles. The lowest BCUT2D eigenvalue weighted by molar-refractivity contribution is 0.803. The highest BCUT2D eigenvalue weighted by molar-refractivity contribution is 5.58. The van der Waals surface area contributed by atoms with Crippen molar-refractivity contribution in [2.75, 3.05) is 0 Å². The number of hydrogen-bond donors (Lipinski definition) is 0. The van der Waals surface area contributed by atoms with Crippen LogP contribution in [0.1, 0.15) is 0 Å². The smallest absolute Gasteiger partial charge is 0.162 e. The summed E-state index contributed by atoms with van der Waals surface area (Å²) in [5, 5.41) is 7.71. The second-order valence-electron chi connectivity index (χ2n) is 3.36.